The van der Waals surface area contributed by atoms with Gasteiger partial charge in [0.15, 0.2) is 16.6 Å². The molecule has 0 bridgehead atoms. The zero-order valence-corrected chi connectivity index (χ0v) is 19.1. The summed E-state index contributed by atoms with van der Waals surface area (Å²) in [7, 11) is 0. The number of benzene rings is 1. The number of nitrogens with zero attached hydrogens (tertiary/aromatic N) is 3. The van der Waals surface area contributed by atoms with Crippen molar-refractivity contribution in [2.75, 3.05) is 12.1 Å². The average Bonchev–Trinajstić information content (AvgIpc) is 3.58. The first-order valence-electron chi connectivity index (χ1n) is 10.00. The van der Waals surface area contributed by atoms with E-state index >= 15 is 0 Å². The van der Waals surface area contributed by atoms with Gasteiger partial charge in [0.25, 0.3) is 5.91 Å². The van der Waals surface area contributed by atoms with Gasteiger partial charge in [-0.05, 0) is 37.4 Å². The van der Waals surface area contributed by atoms with Gasteiger partial charge in [-0.2, -0.15) is 5.10 Å². The van der Waals surface area contributed by atoms with E-state index in [-0.39, 0.29) is 12.7 Å². The van der Waals surface area contributed by atoms with Crippen LogP contribution in [0.25, 0.3) is 11.3 Å². The molecule has 4 aromatic rings. The highest BCUT2D eigenvalue weighted by molar-refractivity contribution is 7.14. The summed E-state index contributed by atoms with van der Waals surface area (Å²) in [6, 6.07) is 7.28. The molecular formula is C22H20N4O4S2. The largest absolute Gasteiger partial charge is 0.489 e. The van der Waals surface area contributed by atoms with E-state index in [9.17, 15) is 4.79 Å². The van der Waals surface area contributed by atoms with Crippen LogP contribution < -0.4 is 19.5 Å². The molecule has 0 atom stereocenters. The Morgan fingerprint density at radius 3 is 2.94 bits per heavy atom. The highest BCUT2D eigenvalue weighted by Gasteiger charge is 2.16. The molecule has 0 spiro atoms. The number of fused-ring (bicyclic) bond motifs is 1. The molecular weight excluding hydrogens is 448 g/mol. The lowest BCUT2D eigenvalue weighted by atomic mass is 10.2. The number of aromatic nitrogens is 3. The third kappa shape index (κ3) is 4.06. The minimum absolute atomic E-state index is 0.189. The van der Waals surface area contributed by atoms with Crippen molar-refractivity contribution in [3.63, 3.8) is 0 Å². The number of thiazole rings is 1. The van der Waals surface area contributed by atoms with E-state index < -0.39 is 0 Å². The van der Waals surface area contributed by atoms with Crippen molar-refractivity contribution < 1.29 is 19.0 Å². The number of ether oxygens (including phenoxy) is 3. The van der Waals surface area contributed by atoms with Crippen LogP contribution in [0.3, 0.4) is 0 Å². The number of carbonyl (C=O) groups excluding carboxylic acids is 1. The number of nitrogens with one attached hydrogen (secondary N) is 1. The maximum Gasteiger partial charge on any atom is 0.267 e. The summed E-state index contributed by atoms with van der Waals surface area (Å²) in [4.78, 5) is 17.8. The van der Waals surface area contributed by atoms with Crippen molar-refractivity contribution >= 4 is 33.7 Å². The van der Waals surface area contributed by atoms with Gasteiger partial charge in [0.2, 0.25) is 6.79 Å². The van der Waals surface area contributed by atoms with Crippen molar-refractivity contribution in [3.8, 4) is 28.5 Å². The Hall–Kier alpha value is -3.37. The molecule has 1 aliphatic rings. The molecule has 1 aliphatic heterocycles. The molecule has 0 radical (unpaired) electrons. The van der Waals surface area contributed by atoms with Crippen LogP contribution >= 0.6 is 22.7 Å². The van der Waals surface area contributed by atoms with Crippen molar-refractivity contribution in [2.45, 2.75) is 27.0 Å². The molecule has 4 heterocycles. The Morgan fingerprint density at radius 1 is 1.22 bits per heavy atom. The third-order valence-electron chi connectivity index (χ3n) is 5.03. The number of thiophene rings is 1. The second-order valence-electron chi connectivity index (χ2n) is 7.07. The molecule has 5 rings (SSSR count). The van der Waals surface area contributed by atoms with Crippen LogP contribution in [0.4, 0.5) is 5.13 Å². The predicted octanol–water partition coefficient (Wildman–Crippen LogP) is 4.96. The third-order valence-corrected chi connectivity index (χ3v) is 6.77. The molecule has 0 aliphatic carbocycles. The number of amides is 1. The van der Waals surface area contributed by atoms with Gasteiger partial charge in [-0.3, -0.25) is 14.8 Å². The van der Waals surface area contributed by atoms with Gasteiger partial charge in [-0.1, -0.05) is 0 Å². The molecule has 164 valence electrons. The minimum Gasteiger partial charge on any atom is -0.489 e. The van der Waals surface area contributed by atoms with Crippen LogP contribution in [0.2, 0.25) is 0 Å². The normalized spacial score (nSPS) is 12.2. The van der Waals surface area contributed by atoms with Gasteiger partial charge >= 0.3 is 0 Å². The second kappa shape index (κ2) is 8.64. The molecule has 8 nitrogen and oxygen atoms in total. The van der Waals surface area contributed by atoms with Crippen LogP contribution in [0.5, 0.6) is 17.2 Å². The quantitative estimate of drug-likeness (QED) is 0.413. The van der Waals surface area contributed by atoms with Gasteiger partial charge < -0.3 is 14.2 Å². The van der Waals surface area contributed by atoms with Crippen molar-refractivity contribution in [1.82, 2.24) is 14.8 Å². The number of carbonyl (C=O) groups is 1. The molecule has 1 amide bonds. The summed E-state index contributed by atoms with van der Waals surface area (Å²) in [6.45, 7) is 5.45. The van der Waals surface area contributed by atoms with Crippen molar-refractivity contribution in [1.29, 1.82) is 0 Å². The Balaban J connectivity index is 1.20. The van der Waals surface area contributed by atoms with Crippen LogP contribution in [-0.4, -0.2) is 27.5 Å². The van der Waals surface area contributed by atoms with Gasteiger partial charge in [0.1, 0.15) is 12.4 Å². The Bertz CT molecular complexity index is 1280. The molecule has 32 heavy (non-hydrogen) atoms. The number of hydrogen-bond donors (Lipinski definition) is 1. The lowest BCUT2D eigenvalue weighted by molar-refractivity contribution is 0.103. The summed E-state index contributed by atoms with van der Waals surface area (Å²) >= 11 is 2.77. The topological polar surface area (TPSA) is 87.5 Å². The first-order valence-corrected chi connectivity index (χ1v) is 11.8. The van der Waals surface area contributed by atoms with E-state index in [1.165, 1.54) is 22.7 Å². The highest BCUT2D eigenvalue weighted by atomic mass is 32.1. The summed E-state index contributed by atoms with van der Waals surface area (Å²) in [5, 5.41) is 11.6. The minimum atomic E-state index is -0.189. The summed E-state index contributed by atoms with van der Waals surface area (Å²) in [6.07, 6.45) is 1.81. The zero-order valence-electron chi connectivity index (χ0n) is 17.5. The standard InChI is InChI=1S/C22H20N4O4S2/c1-3-26-13(2)16(8-23-26)17-11-32-22(24-17)25-21(27)20-6-14(10-31-20)9-28-15-4-5-18-19(7-15)30-12-29-18/h4-8,10-11H,3,9,12H2,1-2H3,(H,24,25,27). The van der Waals surface area contributed by atoms with Crippen LogP contribution in [0.1, 0.15) is 27.9 Å². The maximum absolute atomic E-state index is 12.7. The highest BCUT2D eigenvalue weighted by Crippen LogP contribution is 2.35. The van der Waals surface area contributed by atoms with E-state index in [1.807, 2.05) is 53.7 Å². The lowest BCUT2D eigenvalue weighted by Gasteiger charge is -2.05. The molecule has 1 aromatic carbocycles. The van der Waals surface area contributed by atoms with Gasteiger partial charge in [-0.15, -0.1) is 22.7 Å². The fourth-order valence-electron chi connectivity index (χ4n) is 3.33. The van der Waals surface area contributed by atoms with Crippen LogP contribution in [0, 0.1) is 6.92 Å². The van der Waals surface area contributed by atoms with Crippen molar-refractivity contribution in [2.24, 2.45) is 0 Å². The predicted molar refractivity (Wildman–Crippen MR) is 123 cm³/mol. The number of aryl methyl sites for hydroxylation is 1. The number of hydrogen-bond acceptors (Lipinski definition) is 8. The number of rotatable bonds is 7. The van der Waals surface area contributed by atoms with Crippen LogP contribution in [0.15, 0.2) is 41.2 Å². The fourth-order valence-corrected chi connectivity index (χ4v) is 4.83. The zero-order chi connectivity index (χ0) is 22.1. The number of anilines is 1. The van der Waals surface area contributed by atoms with E-state index in [4.69, 9.17) is 14.2 Å². The second-order valence-corrected chi connectivity index (χ2v) is 8.84. The molecule has 0 saturated carbocycles. The molecule has 0 unspecified atom stereocenters. The maximum atomic E-state index is 12.7. The molecule has 3 aromatic heterocycles. The first kappa shape index (κ1) is 20.5. The monoisotopic (exact) mass is 468 g/mol. The summed E-state index contributed by atoms with van der Waals surface area (Å²) < 4.78 is 18.4. The molecule has 10 heteroatoms. The van der Waals surface area contributed by atoms with E-state index in [0.717, 1.165) is 29.1 Å². The lowest BCUT2D eigenvalue weighted by Crippen LogP contribution is -2.09. The van der Waals surface area contributed by atoms with Gasteiger partial charge in [0, 0.05) is 34.8 Å². The average molecular weight is 469 g/mol. The Morgan fingerprint density at radius 2 is 2.09 bits per heavy atom. The van der Waals surface area contributed by atoms with Gasteiger partial charge in [-0.25, -0.2) is 4.98 Å². The van der Waals surface area contributed by atoms with E-state index in [1.54, 1.807) is 6.07 Å². The first-order chi connectivity index (χ1) is 15.6. The smallest absolute Gasteiger partial charge is 0.267 e. The van der Waals surface area contributed by atoms with E-state index in [0.29, 0.717) is 33.9 Å². The molecule has 1 N–H and O–H groups in total. The Kier molecular flexibility index (Phi) is 5.54. The van der Waals surface area contributed by atoms with E-state index in [2.05, 4.69) is 15.4 Å². The molecule has 0 fully saturated rings. The SMILES string of the molecule is CCn1ncc(-c2csc(NC(=O)c3cc(COc4ccc5c(c4)OCO5)cs3)n2)c1C. The Labute approximate surface area is 192 Å². The van der Waals surface area contributed by atoms with Crippen LogP contribution in [-0.2, 0) is 13.2 Å². The summed E-state index contributed by atoms with van der Waals surface area (Å²) in [5.41, 5.74) is 3.76. The molecule has 0 saturated heterocycles. The fraction of sp³-hybridized carbons (Fsp3) is 0.227. The van der Waals surface area contributed by atoms with Gasteiger partial charge in [0.05, 0.1) is 16.8 Å². The van der Waals surface area contributed by atoms with Crippen molar-refractivity contribution in [3.05, 3.63) is 57.4 Å². The summed E-state index contributed by atoms with van der Waals surface area (Å²) in [5.74, 6) is 1.88.